The average Bonchev–Trinajstić information content (AvgIpc) is 3.13. The lowest BCUT2D eigenvalue weighted by Gasteiger charge is -2.22. The first kappa shape index (κ1) is 17.7. The highest BCUT2D eigenvalue weighted by molar-refractivity contribution is 5.79. The number of ether oxygens (including phenoxy) is 2. The number of hydrogen-bond donors (Lipinski definition) is 1. The Kier molecular flexibility index (Phi) is 6.54. The van der Waals surface area contributed by atoms with Gasteiger partial charge in [0.1, 0.15) is 5.76 Å². The van der Waals surface area contributed by atoms with Gasteiger partial charge in [0.15, 0.2) is 17.5 Å². The summed E-state index contributed by atoms with van der Waals surface area (Å²) < 4.78 is 15.9. The summed E-state index contributed by atoms with van der Waals surface area (Å²) in [5.41, 5.74) is 1.18. The van der Waals surface area contributed by atoms with E-state index in [0.717, 1.165) is 36.2 Å². The average molecular weight is 331 g/mol. The molecule has 1 heterocycles. The van der Waals surface area contributed by atoms with Gasteiger partial charge in [-0.15, -0.1) is 0 Å². The second-order valence-electron chi connectivity index (χ2n) is 5.34. The fourth-order valence-corrected chi connectivity index (χ4v) is 2.40. The van der Waals surface area contributed by atoms with Gasteiger partial charge in [-0.25, -0.2) is 0 Å². The molecule has 0 aliphatic rings. The molecule has 1 N–H and O–H groups in total. The largest absolute Gasteiger partial charge is 0.493 e. The van der Waals surface area contributed by atoms with Gasteiger partial charge in [-0.05, 0) is 36.2 Å². The number of likely N-dealkylation sites (N-methyl/N-ethyl adjacent to an activating group) is 1. The number of aliphatic imine (C=N–C) groups is 1. The van der Waals surface area contributed by atoms with Crippen LogP contribution in [0.2, 0.25) is 0 Å². The van der Waals surface area contributed by atoms with E-state index in [0.29, 0.717) is 6.54 Å². The predicted octanol–water partition coefficient (Wildman–Crippen LogP) is 2.55. The van der Waals surface area contributed by atoms with Crippen LogP contribution in [0, 0.1) is 0 Å². The third-order valence-corrected chi connectivity index (χ3v) is 3.76. The summed E-state index contributed by atoms with van der Waals surface area (Å²) in [5, 5.41) is 3.29. The fraction of sp³-hybridized carbons (Fsp3) is 0.389. The van der Waals surface area contributed by atoms with Crippen molar-refractivity contribution in [1.29, 1.82) is 0 Å². The normalized spacial score (nSPS) is 11.2. The molecule has 2 rings (SSSR count). The summed E-state index contributed by atoms with van der Waals surface area (Å²) in [5.74, 6) is 3.19. The number of nitrogens with zero attached hydrogens (tertiary/aromatic N) is 2. The Hall–Kier alpha value is -2.63. The lowest BCUT2D eigenvalue weighted by molar-refractivity contribution is 0.354. The second kappa shape index (κ2) is 8.86. The number of benzene rings is 1. The Morgan fingerprint density at radius 1 is 1.21 bits per heavy atom. The van der Waals surface area contributed by atoms with Crippen molar-refractivity contribution in [2.75, 3.05) is 34.9 Å². The third-order valence-electron chi connectivity index (χ3n) is 3.76. The Morgan fingerprint density at radius 2 is 2.00 bits per heavy atom. The quantitative estimate of drug-likeness (QED) is 0.624. The standard InChI is InChI=1S/C18H25N3O3/c1-19-18(20-13-15-6-5-11-24-15)21(2)10-9-14-7-8-16(22-3)17(12-14)23-4/h5-8,11-12H,9-10,13H2,1-4H3,(H,19,20). The minimum atomic E-state index is 0.611. The van der Waals surface area contributed by atoms with Gasteiger partial charge in [0.25, 0.3) is 0 Å². The van der Waals surface area contributed by atoms with E-state index in [1.54, 1.807) is 27.5 Å². The van der Waals surface area contributed by atoms with E-state index in [4.69, 9.17) is 13.9 Å². The number of guanidine groups is 1. The SMILES string of the molecule is CN=C(NCc1ccco1)N(C)CCc1ccc(OC)c(OC)c1. The first-order chi connectivity index (χ1) is 11.7. The molecule has 0 aliphatic carbocycles. The summed E-state index contributed by atoms with van der Waals surface area (Å²) in [6, 6.07) is 9.79. The fourth-order valence-electron chi connectivity index (χ4n) is 2.40. The molecule has 0 fully saturated rings. The van der Waals surface area contributed by atoms with Crippen LogP contribution < -0.4 is 14.8 Å². The molecule has 0 bridgehead atoms. The molecule has 6 nitrogen and oxygen atoms in total. The van der Waals surface area contributed by atoms with E-state index < -0.39 is 0 Å². The monoisotopic (exact) mass is 331 g/mol. The highest BCUT2D eigenvalue weighted by Crippen LogP contribution is 2.27. The molecule has 1 aromatic carbocycles. The van der Waals surface area contributed by atoms with Crippen LogP contribution in [-0.2, 0) is 13.0 Å². The molecule has 0 spiro atoms. The molecule has 0 amide bonds. The van der Waals surface area contributed by atoms with Crippen LogP contribution >= 0.6 is 0 Å². The highest BCUT2D eigenvalue weighted by Gasteiger charge is 2.09. The summed E-state index contributed by atoms with van der Waals surface area (Å²) >= 11 is 0. The van der Waals surface area contributed by atoms with E-state index >= 15 is 0 Å². The van der Waals surface area contributed by atoms with Gasteiger partial charge >= 0.3 is 0 Å². The first-order valence-electron chi connectivity index (χ1n) is 7.83. The number of furan rings is 1. The second-order valence-corrected chi connectivity index (χ2v) is 5.34. The van der Waals surface area contributed by atoms with Crippen LogP contribution in [0.15, 0.2) is 46.0 Å². The number of nitrogens with one attached hydrogen (secondary N) is 1. The molecule has 130 valence electrons. The van der Waals surface area contributed by atoms with Crippen molar-refractivity contribution < 1.29 is 13.9 Å². The first-order valence-corrected chi connectivity index (χ1v) is 7.83. The minimum absolute atomic E-state index is 0.611. The third kappa shape index (κ3) is 4.68. The summed E-state index contributed by atoms with van der Waals surface area (Å²) in [7, 11) is 7.07. The molecular weight excluding hydrogens is 306 g/mol. The van der Waals surface area contributed by atoms with Crippen molar-refractivity contribution >= 4 is 5.96 Å². The molecule has 0 aliphatic heterocycles. The molecule has 0 saturated heterocycles. The van der Waals surface area contributed by atoms with E-state index in [9.17, 15) is 0 Å². The van der Waals surface area contributed by atoms with Crippen LogP contribution in [-0.4, -0.2) is 45.7 Å². The molecule has 2 aromatic rings. The molecule has 24 heavy (non-hydrogen) atoms. The van der Waals surface area contributed by atoms with Crippen LogP contribution in [0.25, 0.3) is 0 Å². The van der Waals surface area contributed by atoms with Crippen molar-refractivity contribution in [2.45, 2.75) is 13.0 Å². The van der Waals surface area contributed by atoms with Gasteiger partial charge in [-0.1, -0.05) is 6.07 Å². The van der Waals surface area contributed by atoms with Crippen LogP contribution in [0.5, 0.6) is 11.5 Å². The predicted molar refractivity (Wildman–Crippen MR) is 94.8 cm³/mol. The summed E-state index contributed by atoms with van der Waals surface area (Å²) in [4.78, 5) is 6.39. The Morgan fingerprint density at radius 3 is 2.62 bits per heavy atom. The molecule has 0 atom stereocenters. The van der Waals surface area contributed by atoms with Gasteiger partial charge in [-0.3, -0.25) is 4.99 Å². The molecular formula is C18H25N3O3. The zero-order valence-corrected chi connectivity index (χ0v) is 14.7. The van der Waals surface area contributed by atoms with Crippen molar-refractivity contribution in [2.24, 2.45) is 4.99 Å². The van der Waals surface area contributed by atoms with Crippen LogP contribution in [0.4, 0.5) is 0 Å². The molecule has 6 heteroatoms. The van der Waals surface area contributed by atoms with Gasteiger partial charge in [0, 0.05) is 20.6 Å². The van der Waals surface area contributed by atoms with Crippen molar-refractivity contribution in [3.8, 4) is 11.5 Å². The Balaban J connectivity index is 1.89. The van der Waals surface area contributed by atoms with Crippen molar-refractivity contribution in [3.05, 3.63) is 47.9 Å². The summed E-state index contributed by atoms with van der Waals surface area (Å²) in [6.45, 7) is 1.44. The maximum atomic E-state index is 5.35. The topological polar surface area (TPSA) is 59.2 Å². The minimum Gasteiger partial charge on any atom is -0.493 e. The van der Waals surface area contributed by atoms with Crippen molar-refractivity contribution in [1.82, 2.24) is 10.2 Å². The molecule has 0 radical (unpaired) electrons. The highest BCUT2D eigenvalue weighted by atomic mass is 16.5. The smallest absolute Gasteiger partial charge is 0.193 e. The van der Waals surface area contributed by atoms with E-state index in [2.05, 4.69) is 15.2 Å². The number of methoxy groups -OCH3 is 2. The van der Waals surface area contributed by atoms with Gasteiger partial charge in [-0.2, -0.15) is 0 Å². The van der Waals surface area contributed by atoms with E-state index in [-0.39, 0.29) is 0 Å². The van der Waals surface area contributed by atoms with Crippen LogP contribution in [0.3, 0.4) is 0 Å². The van der Waals surface area contributed by atoms with Crippen molar-refractivity contribution in [3.63, 3.8) is 0 Å². The van der Waals surface area contributed by atoms with Crippen LogP contribution in [0.1, 0.15) is 11.3 Å². The molecule has 0 saturated carbocycles. The van der Waals surface area contributed by atoms with Gasteiger partial charge in [0.2, 0.25) is 0 Å². The Bertz CT molecular complexity index is 654. The number of rotatable bonds is 7. The summed E-state index contributed by atoms with van der Waals surface area (Å²) in [6.07, 6.45) is 2.54. The van der Waals surface area contributed by atoms with E-state index in [1.165, 1.54) is 5.56 Å². The lowest BCUT2D eigenvalue weighted by Crippen LogP contribution is -2.39. The van der Waals surface area contributed by atoms with Gasteiger partial charge in [0.05, 0.1) is 27.0 Å². The number of hydrogen-bond acceptors (Lipinski definition) is 4. The molecule has 0 unspecified atom stereocenters. The maximum Gasteiger partial charge on any atom is 0.193 e. The zero-order chi connectivity index (χ0) is 17.4. The lowest BCUT2D eigenvalue weighted by atomic mass is 10.1. The van der Waals surface area contributed by atoms with Gasteiger partial charge < -0.3 is 24.1 Å². The molecule has 1 aromatic heterocycles. The maximum absolute atomic E-state index is 5.35. The Labute approximate surface area is 143 Å². The zero-order valence-electron chi connectivity index (χ0n) is 14.7. The van der Waals surface area contributed by atoms with E-state index in [1.807, 2.05) is 37.4 Å².